The van der Waals surface area contributed by atoms with Crippen molar-refractivity contribution in [1.29, 1.82) is 0 Å². The summed E-state index contributed by atoms with van der Waals surface area (Å²) in [5.41, 5.74) is 0.534. The first-order chi connectivity index (χ1) is 9.17. The first kappa shape index (κ1) is 14.3. The Kier molecular flexibility index (Phi) is 4.76. The molecule has 0 spiro atoms. The van der Waals surface area contributed by atoms with E-state index in [1.165, 1.54) is 37.0 Å². The summed E-state index contributed by atoms with van der Waals surface area (Å²) in [5, 5.41) is 10.0. The zero-order valence-electron chi connectivity index (χ0n) is 11.4. The summed E-state index contributed by atoms with van der Waals surface area (Å²) in [5.74, 6) is -0.918. The molecular weight excluding hydrogens is 264 g/mol. The molecule has 1 aromatic rings. The number of carbonyl (C=O) groups is 1. The highest BCUT2D eigenvalue weighted by molar-refractivity contribution is 7.17. The number of hydrogen-bond donors (Lipinski definition) is 1. The molecule has 2 rings (SSSR count). The van der Waals surface area contributed by atoms with Gasteiger partial charge in [-0.15, -0.1) is 0 Å². The van der Waals surface area contributed by atoms with Gasteiger partial charge in [-0.2, -0.15) is 0 Å². The number of carboxylic acids is 1. The highest BCUT2D eigenvalue weighted by atomic mass is 32.1. The first-order valence-electron chi connectivity index (χ1n) is 6.66. The van der Waals surface area contributed by atoms with Gasteiger partial charge in [0.05, 0.1) is 12.3 Å². The standard InChI is InChI=1S/C13H20N2O3S/c1-3-15(9-6-4-5-7-9)13-14-10(8-18-2)11(19-13)12(16)17/h9H,3-8H2,1-2H3,(H,16,17). The minimum absolute atomic E-state index is 0.250. The number of ether oxygens (including phenoxy) is 1. The van der Waals surface area contributed by atoms with Crippen molar-refractivity contribution in [2.75, 3.05) is 18.6 Å². The quantitative estimate of drug-likeness (QED) is 0.870. The minimum Gasteiger partial charge on any atom is -0.477 e. The second-order valence-electron chi connectivity index (χ2n) is 4.73. The van der Waals surface area contributed by atoms with E-state index in [1.54, 1.807) is 7.11 Å². The molecule has 0 aromatic carbocycles. The van der Waals surface area contributed by atoms with Gasteiger partial charge in [0.15, 0.2) is 5.13 Å². The van der Waals surface area contributed by atoms with Crippen LogP contribution in [-0.4, -0.2) is 35.8 Å². The molecule has 0 saturated heterocycles. The number of nitrogens with zero attached hydrogens (tertiary/aromatic N) is 2. The van der Waals surface area contributed by atoms with Crippen molar-refractivity contribution in [3.8, 4) is 0 Å². The molecule has 6 heteroatoms. The fourth-order valence-electron chi connectivity index (χ4n) is 2.63. The fraction of sp³-hybridized carbons (Fsp3) is 0.692. The summed E-state index contributed by atoms with van der Waals surface area (Å²) in [6.07, 6.45) is 4.86. The van der Waals surface area contributed by atoms with Crippen LogP contribution in [0.5, 0.6) is 0 Å². The van der Waals surface area contributed by atoms with Crippen LogP contribution in [0.2, 0.25) is 0 Å². The molecule has 1 aliphatic carbocycles. The van der Waals surface area contributed by atoms with E-state index in [0.29, 0.717) is 16.6 Å². The summed E-state index contributed by atoms with van der Waals surface area (Å²) in [6, 6.07) is 0.508. The normalized spacial score (nSPS) is 15.9. The lowest BCUT2D eigenvalue weighted by atomic mass is 10.2. The van der Waals surface area contributed by atoms with Crippen LogP contribution in [-0.2, 0) is 11.3 Å². The van der Waals surface area contributed by atoms with Crippen LogP contribution in [0.15, 0.2) is 0 Å². The molecule has 1 saturated carbocycles. The second kappa shape index (κ2) is 6.34. The van der Waals surface area contributed by atoms with Gasteiger partial charge in [-0.3, -0.25) is 0 Å². The maximum atomic E-state index is 11.2. The Hall–Kier alpha value is -1.14. The molecule has 19 heavy (non-hydrogen) atoms. The maximum Gasteiger partial charge on any atom is 0.347 e. The molecule has 0 unspecified atom stereocenters. The Balaban J connectivity index is 2.26. The van der Waals surface area contributed by atoms with Gasteiger partial charge < -0.3 is 14.7 Å². The lowest BCUT2D eigenvalue weighted by Crippen LogP contribution is -2.32. The van der Waals surface area contributed by atoms with Crippen LogP contribution in [0.4, 0.5) is 5.13 Å². The van der Waals surface area contributed by atoms with Crippen molar-refractivity contribution in [1.82, 2.24) is 4.98 Å². The number of thiazole rings is 1. The van der Waals surface area contributed by atoms with Crippen molar-refractivity contribution in [2.45, 2.75) is 45.3 Å². The minimum atomic E-state index is -0.918. The van der Waals surface area contributed by atoms with E-state index in [2.05, 4.69) is 16.8 Å². The summed E-state index contributed by atoms with van der Waals surface area (Å²) in [6.45, 7) is 3.21. The lowest BCUT2D eigenvalue weighted by molar-refractivity contribution is 0.0697. The molecule has 0 atom stereocenters. The van der Waals surface area contributed by atoms with E-state index in [4.69, 9.17) is 4.74 Å². The Morgan fingerprint density at radius 1 is 1.53 bits per heavy atom. The predicted molar refractivity (Wildman–Crippen MR) is 75.1 cm³/mol. The molecule has 0 radical (unpaired) electrons. The van der Waals surface area contributed by atoms with Gasteiger partial charge in [-0.25, -0.2) is 9.78 Å². The summed E-state index contributed by atoms with van der Waals surface area (Å²) >= 11 is 1.26. The average molecular weight is 284 g/mol. The van der Waals surface area contributed by atoms with Crippen molar-refractivity contribution in [3.05, 3.63) is 10.6 Å². The van der Waals surface area contributed by atoms with E-state index in [0.717, 1.165) is 11.7 Å². The molecule has 0 amide bonds. The molecule has 0 aliphatic heterocycles. The monoisotopic (exact) mass is 284 g/mol. The average Bonchev–Trinajstić information content (AvgIpc) is 3.01. The summed E-state index contributed by atoms with van der Waals surface area (Å²) in [4.78, 5) is 18.3. The zero-order valence-corrected chi connectivity index (χ0v) is 12.2. The maximum absolute atomic E-state index is 11.2. The van der Waals surface area contributed by atoms with Gasteiger partial charge in [-0.1, -0.05) is 24.2 Å². The van der Waals surface area contributed by atoms with Crippen molar-refractivity contribution in [2.24, 2.45) is 0 Å². The highest BCUT2D eigenvalue weighted by Crippen LogP contribution is 2.32. The van der Waals surface area contributed by atoms with E-state index >= 15 is 0 Å². The van der Waals surface area contributed by atoms with Crippen LogP contribution in [0.3, 0.4) is 0 Å². The van der Waals surface area contributed by atoms with Crippen LogP contribution >= 0.6 is 11.3 Å². The van der Waals surface area contributed by atoms with Crippen LogP contribution < -0.4 is 4.90 Å². The highest BCUT2D eigenvalue weighted by Gasteiger charge is 2.26. The van der Waals surface area contributed by atoms with Crippen LogP contribution in [0.25, 0.3) is 0 Å². The SMILES string of the molecule is CCN(c1nc(COC)c(C(=O)O)s1)C1CCCC1. The molecule has 1 fully saturated rings. The summed E-state index contributed by atoms with van der Waals surface area (Å²) < 4.78 is 5.03. The summed E-state index contributed by atoms with van der Waals surface area (Å²) in [7, 11) is 1.55. The fourth-order valence-corrected chi connectivity index (χ4v) is 3.67. The van der Waals surface area contributed by atoms with E-state index in [1.807, 2.05) is 0 Å². The number of methoxy groups -OCH3 is 1. The van der Waals surface area contributed by atoms with Crippen molar-refractivity contribution >= 4 is 22.4 Å². The number of carboxylic acid groups (broad SMARTS) is 1. The van der Waals surface area contributed by atoms with Crippen molar-refractivity contribution in [3.63, 3.8) is 0 Å². The number of aromatic carboxylic acids is 1. The molecule has 106 valence electrons. The molecule has 0 bridgehead atoms. The van der Waals surface area contributed by atoms with Gasteiger partial charge in [0.25, 0.3) is 0 Å². The van der Waals surface area contributed by atoms with E-state index < -0.39 is 5.97 Å². The number of hydrogen-bond acceptors (Lipinski definition) is 5. The number of aromatic nitrogens is 1. The Morgan fingerprint density at radius 3 is 2.74 bits per heavy atom. The van der Waals surface area contributed by atoms with Gasteiger partial charge in [-0.05, 0) is 19.8 Å². The molecule has 1 heterocycles. The van der Waals surface area contributed by atoms with Gasteiger partial charge in [0.2, 0.25) is 0 Å². The third-order valence-corrected chi connectivity index (χ3v) is 4.64. The smallest absolute Gasteiger partial charge is 0.347 e. The van der Waals surface area contributed by atoms with Gasteiger partial charge in [0, 0.05) is 19.7 Å². The lowest BCUT2D eigenvalue weighted by Gasteiger charge is -2.26. The molecule has 1 aromatic heterocycles. The molecular formula is C13H20N2O3S. The molecule has 1 aliphatic rings. The molecule has 5 nitrogen and oxygen atoms in total. The topological polar surface area (TPSA) is 62.7 Å². The van der Waals surface area contributed by atoms with E-state index in [9.17, 15) is 9.90 Å². The Morgan fingerprint density at radius 2 is 2.21 bits per heavy atom. The number of rotatable bonds is 6. The van der Waals surface area contributed by atoms with Crippen LogP contribution in [0.1, 0.15) is 48.0 Å². The Bertz CT molecular complexity index is 441. The van der Waals surface area contributed by atoms with Gasteiger partial charge >= 0.3 is 5.97 Å². The third kappa shape index (κ3) is 3.06. The largest absolute Gasteiger partial charge is 0.477 e. The Labute approximate surface area is 117 Å². The first-order valence-corrected chi connectivity index (χ1v) is 7.47. The zero-order chi connectivity index (χ0) is 13.8. The second-order valence-corrected chi connectivity index (χ2v) is 5.71. The third-order valence-electron chi connectivity index (χ3n) is 3.51. The van der Waals surface area contributed by atoms with Gasteiger partial charge in [0.1, 0.15) is 4.88 Å². The molecule has 1 N–H and O–H groups in total. The van der Waals surface area contributed by atoms with Crippen LogP contribution in [0, 0.1) is 0 Å². The van der Waals surface area contributed by atoms with E-state index in [-0.39, 0.29) is 6.61 Å². The number of anilines is 1. The van der Waals surface area contributed by atoms with Crippen molar-refractivity contribution < 1.29 is 14.6 Å². The predicted octanol–water partition coefficient (Wildman–Crippen LogP) is 2.76.